The molecule has 0 saturated heterocycles. The van der Waals surface area contributed by atoms with Gasteiger partial charge in [-0.2, -0.15) is 0 Å². The van der Waals surface area contributed by atoms with Gasteiger partial charge in [-0.1, -0.05) is 66.7 Å². The normalized spacial score (nSPS) is 14.2. The third-order valence-corrected chi connectivity index (χ3v) is 6.62. The van der Waals surface area contributed by atoms with Crippen molar-refractivity contribution in [2.24, 2.45) is 0 Å². The molecule has 2 aliphatic rings. The summed E-state index contributed by atoms with van der Waals surface area (Å²) in [7, 11) is 0. The predicted octanol–water partition coefficient (Wildman–Crippen LogP) is -1.28. The Labute approximate surface area is 244 Å². The molecule has 0 aromatic heterocycles. The molecule has 0 aliphatic carbocycles. The van der Waals surface area contributed by atoms with Crippen molar-refractivity contribution in [2.75, 3.05) is 0 Å². The molecule has 0 saturated carbocycles. The van der Waals surface area contributed by atoms with E-state index in [0.717, 1.165) is 27.1 Å². The summed E-state index contributed by atoms with van der Waals surface area (Å²) in [6.07, 6.45) is 0. The maximum atomic E-state index is 13.0. The van der Waals surface area contributed by atoms with Gasteiger partial charge in [0.1, 0.15) is 11.5 Å². The smallest absolute Gasteiger partial charge is 0.872 e. The van der Waals surface area contributed by atoms with Crippen molar-refractivity contribution in [3.8, 4) is 23.0 Å². The minimum absolute atomic E-state index is 0. The topological polar surface area (TPSA) is 81.7 Å². The van der Waals surface area contributed by atoms with Crippen LogP contribution in [-0.4, -0.2) is 5.97 Å². The summed E-state index contributed by atoms with van der Waals surface area (Å²) >= 11 is 0. The molecule has 7 rings (SSSR count). The molecule has 0 amide bonds. The minimum atomic E-state index is -1.20. The van der Waals surface area contributed by atoms with Crippen molar-refractivity contribution in [2.45, 2.75) is 5.60 Å². The molecule has 0 N–H and O–H groups in total. The molecule has 1 spiro atoms. The number of esters is 1. The van der Waals surface area contributed by atoms with Gasteiger partial charge >= 0.3 is 65.1 Å². The summed E-state index contributed by atoms with van der Waals surface area (Å²) in [5, 5.41) is 26.9. The summed E-state index contributed by atoms with van der Waals surface area (Å²) in [4.78, 5) is 13.0. The zero-order chi connectivity index (χ0) is 22.3. The second-order valence-corrected chi connectivity index (χ2v) is 8.37. The van der Waals surface area contributed by atoms with Crippen LogP contribution >= 0.6 is 0 Å². The van der Waals surface area contributed by atoms with Gasteiger partial charge in [0, 0.05) is 27.5 Å². The van der Waals surface area contributed by atoms with E-state index in [1.807, 2.05) is 42.5 Å². The van der Waals surface area contributed by atoms with Crippen LogP contribution in [0.1, 0.15) is 27.0 Å². The molecule has 5 aromatic carbocycles. The number of hydrogen-bond acceptors (Lipinski definition) is 5. The van der Waals surface area contributed by atoms with Crippen LogP contribution in [0, 0.1) is 0 Å². The minimum Gasteiger partial charge on any atom is -0.872 e. The van der Waals surface area contributed by atoms with E-state index in [9.17, 15) is 15.0 Å². The number of ether oxygens (including phenoxy) is 2. The zero-order valence-corrected chi connectivity index (χ0v) is 23.1. The third-order valence-electron chi connectivity index (χ3n) is 6.62. The molecule has 2 heterocycles. The number of hydrogen-bond donors (Lipinski definition) is 0. The van der Waals surface area contributed by atoms with Crippen molar-refractivity contribution in [3.05, 3.63) is 107 Å². The van der Waals surface area contributed by atoms with Crippen molar-refractivity contribution in [1.82, 2.24) is 0 Å². The van der Waals surface area contributed by atoms with Crippen molar-refractivity contribution in [3.63, 3.8) is 0 Å². The number of rotatable bonds is 0. The van der Waals surface area contributed by atoms with E-state index in [1.54, 1.807) is 30.3 Å². The molecule has 5 nitrogen and oxygen atoms in total. The summed E-state index contributed by atoms with van der Waals surface area (Å²) in [6.45, 7) is 0. The van der Waals surface area contributed by atoms with Gasteiger partial charge in [-0.15, -0.1) is 11.5 Å². The second kappa shape index (κ2) is 8.56. The van der Waals surface area contributed by atoms with E-state index in [0.29, 0.717) is 28.2 Å². The van der Waals surface area contributed by atoms with Gasteiger partial charge in [0.25, 0.3) is 0 Å². The molecule has 0 fully saturated rings. The van der Waals surface area contributed by atoms with E-state index in [2.05, 4.69) is 0 Å². The monoisotopic (exact) mass is 476 g/mol. The Kier molecular flexibility index (Phi) is 5.92. The fourth-order valence-electron chi connectivity index (χ4n) is 5.20. The van der Waals surface area contributed by atoms with Crippen LogP contribution < -0.4 is 74.1 Å². The van der Waals surface area contributed by atoms with Gasteiger partial charge in [0.15, 0.2) is 5.60 Å². The van der Waals surface area contributed by atoms with Gasteiger partial charge in [-0.25, -0.2) is 4.79 Å². The summed E-state index contributed by atoms with van der Waals surface area (Å²) in [5.74, 6) is 0.458. The first-order valence-electron chi connectivity index (χ1n) is 10.6. The van der Waals surface area contributed by atoms with Crippen molar-refractivity contribution < 1.29 is 83.6 Å². The molecular formula is C28H14Na2O5. The van der Waals surface area contributed by atoms with E-state index < -0.39 is 11.6 Å². The predicted molar refractivity (Wildman–Crippen MR) is 119 cm³/mol. The Morgan fingerprint density at radius 2 is 1.17 bits per heavy atom. The number of carbonyl (C=O) groups excluding carboxylic acids is 1. The molecule has 158 valence electrons. The number of fused-ring (bicyclic) bond motifs is 10. The summed E-state index contributed by atoms with van der Waals surface area (Å²) in [6, 6.07) is 24.4. The number of carbonyl (C=O) groups is 1. The largest absolute Gasteiger partial charge is 1.00 e. The Bertz CT molecular complexity index is 1590. The van der Waals surface area contributed by atoms with Gasteiger partial charge in [-0.05, 0) is 29.0 Å². The van der Waals surface area contributed by atoms with Gasteiger partial charge in [0.05, 0.1) is 5.56 Å². The van der Waals surface area contributed by atoms with Crippen LogP contribution in [0.3, 0.4) is 0 Å². The van der Waals surface area contributed by atoms with Crippen LogP contribution in [0.15, 0.2) is 84.9 Å². The molecule has 5 aromatic rings. The molecule has 0 atom stereocenters. The van der Waals surface area contributed by atoms with E-state index in [4.69, 9.17) is 9.47 Å². The first-order chi connectivity index (χ1) is 16.1. The SMILES string of the molecule is O=C1OC2(c3ccccc31)c1ccc3cc([O-])ccc3c1Oc1c2ccc2cc([O-])ccc12.[Na+].[Na+]. The zero-order valence-electron chi connectivity index (χ0n) is 19.1. The maximum absolute atomic E-state index is 13.0. The average molecular weight is 476 g/mol. The molecular weight excluding hydrogens is 462 g/mol. The van der Waals surface area contributed by atoms with Crippen LogP contribution in [-0.2, 0) is 10.3 Å². The van der Waals surface area contributed by atoms with Gasteiger partial charge in [0.2, 0.25) is 0 Å². The van der Waals surface area contributed by atoms with E-state index in [1.165, 1.54) is 12.1 Å². The fourth-order valence-corrected chi connectivity index (χ4v) is 5.20. The molecule has 35 heavy (non-hydrogen) atoms. The Balaban J connectivity index is 0.00000127. The first-order valence-corrected chi connectivity index (χ1v) is 10.6. The Morgan fingerprint density at radius 1 is 0.629 bits per heavy atom. The van der Waals surface area contributed by atoms with E-state index >= 15 is 0 Å². The van der Waals surface area contributed by atoms with Crippen LogP contribution in [0.5, 0.6) is 23.0 Å². The second-order valence-electron chi connectivity index (χ2n) is 8.37. The van der Waals surface area contributed by atoms with Gasteiger partial charge in [-0.3, -0.25) is 0 Å². The fraction of sp³-hybridized carbons (Fsp3) is 0.0357. The Hall–Kier alpha value is -2.51. The molecule has 0 radical (unpaired) electrons. The molecule has 2 aliphatic heterocycles. The Morgan fingerprint density at radius 3 is 1.74 bits per heavy atom. The van der Waals surface area contributed by atoms with E-state index in [-0.39, 0.29) is 70.6 Å². The van der Waals surface area contributed by atoms with Crippen molar-refractivity contribution in [1.29, 1.82) is 0 Å². The molecule has 7 heteroatoms. The van der Waals surface area contributed by atoms with Crippen LogP contribution in [0.25, 0.3) is 21.5 Å². The van der Waals surface area contributed by atoms with Crippen LogP contribution in [0.4, 0.5) is 0 Å². The number of benzene rings is 5. The van der Waals surface area contributed by atoms with Crippen molar-refractivity contribution >= 4 is 27.5 Å². The first kappa shape index (κ1) is 24.2. The quantitative estimate of drug-likeness (QED) is 0.206. The van der Waals surface area contributed by atoms with Crippen LogP contribution in [0.2, 0.25) is 0 Å². The molecule has 0 bridgehead atoms. The molecule has 0 unspecified atom stereocenters. The third kappa shape index (κ3) is 3.27. The maximum Gasteiger partial charge on any atom is 1.00 e. The van der Waals surface area contributed by atoms with Gasteiger partial charge < -0.3 is 19.7 Å². The standard InChI is InChI=1S/C28H16O5.2Na/c29-17-7-9-19-15(13-17)5-11-23-25(19)32-26-20-10-8-18(30)14-16(20)6-12-24(26)28(23)22-4-2-1-3-21(22)27(31)33-28;;/h1-14,29-30H;;/q;2*+1/p-2. The summed E-state index contributed by atoms with van der Waals surface area (Å²) < 4.78 is 12.7. The average Bonchev–Trinajstić information content (AvgIpc) is 3.11. The summed E-state index contributed by atoms with van der Waals surface area (Å²) in [5.41, 5.74) is 1.42.